The van der Waals surface area contributed by atoms with Gasteiger partial charge in [-0.1, -0.05) is 0 Å². The fourth-order valence-corrected chi connectivity index (χ4v) is 5.27. The molecule has 0 saturated carbocycles. The van der Waals surface area contributed by atoms with Gasteiger partial charge in [0.2, 0.25) is 0 Å². The smallest absolute Gasteiger partial charge is 0.322 e. The molecule has 8 heteroatoms. The Balaban J connectivity index is 1.37. The van der Waals surface area contributed by atoms with Gasteiger partial charge in [0.1, 0.15) is 0 Å². The minimum Gasteiger partial charge on any atom is -0.336 e. The molecule has 0 radical (unpaired) electrons. The third kappa shape index (κ3) is 4.09. The lowest BCUT2D eigenvalue weighted by Gasteiger charge is -2.34. The Hall–Kier alpha value is -1.90. The summed E-state index contributed by atoms with van der Waals surface area (Å²) >= 11 is 5.27. The molecule has 3 amide bonds. The van der Waals surface area contributed by atoms with Crippen molar-refractivity contribution in [1.29, 1.82) is 0 Å². The molecule has 2 aliphatic rings. The number of halogens is 1. The second kappa shape index (κ2) is 8.23. The van der Waals surface area contributed by atoms with Crippen molar-refractivity contribution in [1.82, 2.24) is 15.1 Å². The van der Waals surface area contributed by atoms with E-state index in [1.807, 2.05) is 30.0 Å². The van der Waals surface area contributed by atoms with Crippen LogP contribution in [0.4, 0.5) is 10.5 Å². The molecule has 0 unspecified atom stereocenters. The first-order chi connectivity index (χ1) is 13.5. The van der Waals surface area contributed by atoms with Crippen LogP contribution in [-0.2, 0) is 6.54 Å². The lowest BCUT2D eigenvalue weighted by Crippen LogP contribution is -2.48. The van der Waals surface area contributed by atoms with Crippen molar-refractivity contribution in [2.24, 2.45) is 0 Å². The van der Waals surface area contributed by atoms with Gasteiger partial charge in [0.25, 0.3) is 5.91 Å². The molecule has 2 fully saturated rings. The highest BCUT2D eigenvalue weighted by Gasteiger charge is 2.25. The number of carbonyl (C=O) groups excluding carboxylic acids is 2. The van der Waals surface area contributed by atoms with Crippen molar-refractivity contribution in [3.05, 3.63) is 50.1 Å². The van der Waals surface area contributed by atoms with Gasteiger partial charge in [-0.15, -0.1) is 11.3 Å². The molecule has 0 bridgehead atoms. The third-order valence-electron chi connectivity index (χ3n) is 5.26. The predicted molar refractivity (Wildman–Crippen MR) is 115 cm³/mol. The van der Waals surface area contributed by atoms with Crippen LogP contribution in [0.25, 0.3) is 0 Å². The van der Waals surface area contributed by atoms with Crippen LogP contribution in [0, 0.1) is 6.92 Å². The molecule has 4 rings (SSSR count). The van der Waals surface area contributed by atoms with Gasteiger partial charge < -0.3 is 10.2 Å². The molecule has 1 aromatic carbocycles. The highest BCUT2D eigenvalue weighted by atomic mass is 79.9. The molecular formula is C20H23BrN4O2S. The van der Waals surface area contributed by atoms with Crippen LogP contribution in [0.3, 0.4) is 0 Å². The van der Waals surface area contributed by atoms with Gasteiger partial charge in [-0.2, -0.15) is 0 Å². The molecule has 148 valence electrons. The summed E-state index contributed by atoms with van der Waals surface area (Å²) in [6.07, 6.45) is 0. The molecule has 2 aromatic rings. The molecule has 2 saturated heterocycles. The van der Waals surface area contributed by atoms with Crippen molar-refractivity contribution in [2.75, 3.05) is 44.2 Å². The lowest BCUT2D eigenvalue weighted by atomic mass is 10.1. The van der Waals surface area contributed by atoms with Crippen LogP contribution < -0.4 is 10.2 Å². The number of anilines is 1. The largest absolute Gasteiger partial charge is 0.336 e. The fourth-order valence-electron chi connectivity index (χ4n) is 3.74. The number of hydrogen-bond donors (Lipinski definition) is 1. The number of rotatable bonds is 4. The topological polar surface area (TPSA) is 55.9 Å². The van der Waals surface area contributed by atoms with Crippen LogP contribution >= 0.6 is 27.3 Å². The minimum absolute atomic E-state index is 0.0686. The van der Waals surface area contributed by atoms with Gasteiger partial charge >= 0.3 is 6.03 Å². The third-order valence-corrected chi connectivity index (χ3v) is 6.87. The van der Waals surface area contributed by atoms with E-state index >= 15 is 0 Å². The molecule has 2 aliphatic heterocycles. The van der Waals surface area contributed by atoms with E-state index in [-0.39, 0.29) is 11.9 Å². The Kier molecular flexibility index (Phi) is 5.70. The summed E-state index contributed by atoms with van der Waals surface area (Å²) in [5.74, 6) is 0.0686. The quantitative estimate of drug-likeness (QED) is 0.757. The summed E-state index contributed by atoms with van der Waals surface area (Å²) in [7, 11) is 0. The molecule has 1 N–H and O–H groups in total. The van der Waals surface area contributed by atoms with Gasteiger partial charge in [-0.05, 0) is 58.7 Å². The van der Waals surface area contributed by atoms with Crippen LogP contribution in [0.1, 0.15) is 20.8 Å². The maximum atomic E-state index is 12.9. The summed E-state index contributed by atoms with van der Waals surface area (Å²) in [4.78, 5) is 32.2. The minimum atomic E-state index is -0.0731. The fraction of sp³-hybridized carbons (Fsp3) is 0.400. The Bertz CT molecular complexity index is 892. The number of nitrogens with zero attached hydrogens (tertiary/aromatic N) is 3. The Morgan fingerprint density at radius 1 is 1.14 bits per heavy atom. The van der Waals surface area contributed by atoms with Gasteiger partial charge in [0, 0.05) is 61.9 Å². The zero-order chi connectivity index (χ0) is 19.7. The Morgan fingerprint density at radius 3 is 2.54 bits per heavy atom. The van der Waals surface area contributed by atoms with Gasteiger partial charge in [-0.25, -0.2) is 4.79 Å². The lowest BCUT2D eigenvalue weighted by molar-refractivity contribution is 0.0629. The van der Waals surface area contributed by atoms with Crippen LogP contribution in [0.15, 0.2) is 34.1 Å². The molecular weight excluding hydrogens is 440 g/mol. The maximum Gasteiger partial charge on any atom is 0.322 e. The van der Waals surface area contributed by atoms with Crippen molar-refractivity contribution in [2.45, 2.75) is 13.5 Å². The maximum absolute atomic E-state index is 12.9. The summed E-state index contributed by atoms with van der Waals surface area (Å²) in [6.45, 7) is 7.44. The van der Waals surface area contributed by atoms with Crippen LogP contribution in [0.5, 0.6) is 0 Å². The van der Waals surface area contributed by atoms with Gasteiger partial charge in [0.15, 0.2) is 0 Å². The van der Waals surface area contributed by atoms with Gasteiger partial charge in [0.05, 0.1) is 3.79 Å². The summed E-state index contributed by atoms with van der Waals surface area (Å²) in [5.41, 5.74) is 2.51. The Morgan fingerprint density at radius 2 is 1.93 bits per heavy atom. The zero-order valence-corrected chi connectivity index (χ0v) is 18.2. The first-order valence-corrected chi connectivity index (χ1v) is 11.0. The van der Waals surface area contributed by atoms with Crippen molar-refractivity contribution in [3.8, 4) is 0 Å². The predicted octanol–water partition coefficient (Wildman–Crippen LogP) is 3.31. The first kappa shape index (κ1) is 19.4. The number of hydrogen-bond acceptors (Lipinski definition) is 4. The molecule has 1 aromatic heterocycles. The van der Waals surface area contributed by atoms with Crippen molar-refractivity contribution in [3.63, 3.8) is 0 Å². The normalized spacial score (nSPS) is 17.9. The number of nitrogens with one attached hydrogen (secondary N) is 1. The van der Waals surface area contributed by atoms with Crippen LogP contribution in [-0.4, -0.2) is 61.0 Å². The molecule has 0 spiro atoms. The molecule has 3 heterocycles. The highest BCUT2D eigenvalue weighted by Crippen LogP contribution is 2.25. The number of urea groups is 1. The number of benzene rings is 1. The SMILES string of the molecule is Cc1cc(C(=O)N2CCN(Cc3ccc(Br)s3)CC2)ccc1N1CCNC1=O. The zero-order valence-electron chi connectivity index (χ0n) is 15.8. The van der Waals surface area contributed by atoms with Crippen LogP contribution in [0.2, 0.25) is 0 Å². The average molecular weight is 463 g/mol. The van der Waals surface area contributed by atoms with E-state index in [2.05, 4.69) is 38.3 Å². The van der Waals surface area contributed by atoms with E-state index in [1.54, 1.807) is 16.2 Å². The highest BCUT2D eigenvalue weighted by molar-refractivity contribution is 9.11. The second-order valence-electron chi connectivity index (χ2n) is 7.16. The molecule has 0 aliphatic carbocycles. The van der Waals surface area contributed by atoms with E-state index in [0.29, 0.717) is 18.7 Å². The van der Waals surface area contributed by atoms with Crippen molar-refractivity contribution >= 4 is 44.9 Å². The first-order valence-electron chi connectivity index (χ1n) is 9.43. The van der Waals surface area contributed by atoms with E-state index in [4.69, 9.17) is 0 Å². The van der Waals surface area contributed by atoms with E-state index in [0.717, 1.165) is 47.8 Å². The number of carbonyl (C=O) groups is 2. The van der Waals surface area contributed by atoms with E-state index in [1.165, 1.54) is 4.88 Å². The summed E-state index contributed by atoms with van der Waals surface area (Å²) < 4.78 is 1.15. The Labute approximate surface area is 177 Å². The van der Waals surface area contributed by atoms with Gasteiger partial charge in [-0.3, -0.25) is 14.6 Å². The molecule has 0 atom stereocenters. The molecule has 6 nitrogen and oxygen atoms in total. The standard InChI is InChI=1S/C20H23BrN4O2S/c1-14-12-15(2-4-17(14)25-7-6-22-20(25)27)19(26)24-10-8-23(9-11-24)13-16-3-5-18(21)28-16/h2-5,12H,6-11,13H2,1H3,(H,22,27). The van der Waals surface area contributed by atoms with E-state index < -0.39 is 0 Å². The second-order valence-corrected chi connectivity index (χ2v) is 9.71. The monoisotopic (exact) mass is 462 g/mol. The molecule has 28 heavy (non-hydrogen) atoms. The summed E-state index contributed by atoms with van der Waals surface area (Å²) in [5, 5.41) is 2.81. The van der Waals surface area contributed by atoms with E-state index in [9.17, 15) is 9.59 Å². The average Bonchev–Trinajstić information content (AvgIpc) is 3.30. The number of piperazine rings is 1. The number of aryl methyl sites for hydroxylation is 1. The number of amides is 3. The summed E-state index contributed by atoms with van der Waals surface area (Å²) in [6, 6.07) is 9.79. The number of thiophene rings is 1. The van der Waals surface area contributed by atoms with Crippen molar-refractivity contribution < 1.29 is 9.59 Å².